The van der Waals surface area contributed by atoms with Gasteiger partial charge in [0.05, 0.1) is 19.2 Å². The number of piperazine rings is 1. The molecule has 1 aliphatic carbocycles. The Morgan fingerprint density at radius 1 is 1.30 bits per heavy atom. The summed E-state index contributed by atoms with van der Waals surface area (Å²) in [5.74, 6) is 1.41. The number of benzene rings is 1. The average molecular weight is 533 g/mol. The number of ether oxygens (including phenoxy) is 1. The lowest BCUT2D eigenvalue weighted by Crippen LogP contribution is -2.51. The van der Waals surface area contributed by atoms with Crippen LogP contribution in [0.15, 0.2) is 23.2 Å². The molecule has 0 aromatic heterocycles. The molecule has 1 saturated carbocycles. The molecule has 1 aliphatic heterocycles. The molecular weight excluding hydrogens is 496 g/mol. The number of halogens is 2. The molecule has 2 fully saturated rings. The molecule has 1 aromatic carbocycles. The normalized spacial score (nSPS) is 21.6. The largest absolute Gasteiger partial charge is 0.490 e. The summed E-state index contributed by atoms with van der Waals surface area (Å²) >= 11 is 0. The van der Waals surface area contributed by atoms with Crippen molar-refractivity contribution in [3.63, 3.8) is 0 Å². The zero-order valence-corrected chi connectivity index (χ0v) is 21.0. The van der Waals surface area contributed by atoms with Gasteiger partial charge in [-0.2, -0.15) is 0 Å². The Kier molecular flexibility index (Phi) is 10.1. The quantitative estimate of drug-likeness (QED) is 0.306. The van der Waals surface area contributed by atoms with Gasteiger partial charge in [-0.1, -0.05) is 6.07 Å². The van der Waals surface area contributed by atoms with Crippen LogP contribution in [0.2, 0.25) is 0 Å². The van der Waals surface area contributed by atoms with Gasteiger partial charge < -0.3 is 20.3 Å². The Balaban J connectivity index is 0.00000320. The van der Waals surface area contributed by atoms with E-state index in [1.54, 1.807) is 12.1 Å². The minimum atomic E-state index is -0.300. The Hall–Kier alpha value is -1.13. The van der Waals surface area contributed by atoms with Gasteiger partial charge in [-0.25, -0.2) is 4.39 Å². The van der Waals surface area contributed by atoms with Crippen LogP contribution < -0.4 is 15.4 Å². The van der Waals surface area contributed by atoms with Crippen molar-refractivity contribution in [2.45, 2.75) is 38.8 Å². The van der Waals surface area contributed by atoms with Crippen molar-refractivity contribution in [3.05, 3.63) is 29.6 Å². The second-order valence-electron chi connectivity index (χ2n) is 8.43. The van der Waals surface area contributed by atoms with Gasteiger partial charge in [0, 0.05) is 32.2 Å². The number of likely N-dealkylation sites (N-methyl/N-ethyl adjacent to an activating group) is 2. The van der Waals surface area contributed by atoms with Crippen LogP contribution in [-0.4, -0.2) is 75.2 Å². The van der Waals surface area contributed by atoms with Gasteiger partial charge >= 0.3 is 0 Å². The Morgan fingerprint density at radius 3 is 2.73 bits per heavy atom. The van der Waals surface area contributed by atoms with Gasteiger partial charge in [0.15, 0.2) is 17.5 Å². The van der Waals surface area contributed by atoms with E-state index < -0.39 is 0 Å². The van der Waals surface area contributed by atoms with E-state index in [0.717, 1.165) is 44.2 Å². The minimum Gasteiger partial charge on any atom is -0.490 e. The molecule has 170 valence electrons. The van der Waals surface area contributed by atoms with E-state index >= 15 is 0 Å². The summed E-state index contributed by atoms with van der Waals surface area (Å²) in [7, 11) is 4.31. The number of nitrogens with zero attached hydrogens (tertiary/aromatic N) is 3. The summed E-state index contributed by atoms with van der Waals surface area (Å²) in [5, 5.41) is 6.71. The van der Waals surface area contributed by atoms with Gasteiger partial charge in [-0.3, -0.25) is 9.89 Å². The molecule has 0 radical (unpaired) electrons. The Bertz CT molecular complexity index is 700. The SMILES string of the molecule is CCNC(=NCC1CN(C)CCN1C)NC(C)c1ccc(OCC2CC2)c(F)c1.I. The third-order valence-electron chi connectivity index (χ3n) is 5.77. The molecule has 0 bridgehead atoms. The van der Waals surface area contributed by atoms with Crippen LogP contribution in [-0.2, 0) is 0 Å². The van der Waals surface area contributed by atoms with Crippen LogP contribution >= 0.6 is 24.0 Å². The number of guanidine groups is 1. The number of rotatable bonds is 8. The van der Waals surface area contributed by atoms with E-state index in [1.165, 1.54) is 12.8 Å². The fourth-order valence-corrected chi connectivity index (χ4v) is 3.50. The summed E-state index contributed by atoms with van der Waals surface area (Å²) < 4.78 is 20.0. The van der Waals surface area contributed by atoms with Crippen LogP contribution in [0.3, 0.4) is 0 Å². The molecule has 6 nitrogen and oxygen atoms in total. The lowest BCUT2D eigenvalue weighted by molar-refractivity contribution is 0.119. The van der Waals surface area contributed by atoms with Crippen molar-refractivity contribution >= 4 is 29.9 Å². The zero-order valence-electron chi connectivity index (χ0n) is 18.7. The summed E-state index contributed by atoms with van der Waals surface area (Å²) in [4.78, 5) is 9.50. The average Bonchev–Trinajstić information content (AvgIpc) is 3.52. The molecule has 30 heavy (non-hydrogen) atoms. The van der Waals surface area contributed by atoms with Crippen molar-refractivity contribution in [1.82, 2.24) is 20.4 Å². The molecular formula is C22H37FIN5O. The van der Waals surface area contributed by atoms with Gasteiger partial charge in [-0.15, -0.1) is 24.0 Å². The molecule has 0 spiro atoms. The first-order chi connectivity index (χ1) is 14.0. The van der Waals surface area contributed by atoms with Gasteiger partial charge in [0.1, 0.15) is 0 Å². The van der Waals surface area contributed by atoms with Crippen molar-refractivity contribution < 1.29 is 9.13 Å². The molecule has 1 heterocycles. The van der Waals surface area contributed by atoms with Crippen molar-refractivity contribution in [1.29, 1.82) is 0 Å². The number of aliphatic imine (C=N–C) groups is 1. The van der Waals surface area contributed by atoms with Crippen LogP contribution in [0.4, 0.5) is 4.39 Å². The minimum absolute atomic E-state index is 0. The fraction of sp³-hybridized carbons (Fsp3) is 0.682. The predicted molar refractivity (Wildman–Crippen MR) is 131 cm³/mol. The third kappa shape index (κ3) is 7.53. The molecule has 2 atom stereocenters. The molecule has 2 unspecified atom stereocenters. The fourth-order valence-electron chi connectivity index (χ4n) is 3.50. The summed E-state index contributed by atoms with van der Waals surface area (Å²) in [6.07, 6.45) is 2.39. The lowest BCUT2D eigenvalue weighted by atomic mass is 10.1. The monoisotopic (exact) mass is 533 g/mol. The van der Waals surface area contributed by atoms with E-state index in [4.69, 9.17) is 9.73 Å². The standard InChI is InChI=1S/C22H36FN5O.HI/c1-5-24-22(25-13-19-14-27(3)10-11-28(19)4)26-16(2)18-8-9-21(20(23)12-18)29-15-17-6-7-17;/h8-9,12,16-17,19H,5-7,10-11,13-15H2,1-4H3,(H2,24,25,26);1H. The first-order valence-electron chi connectivity index (χ1n) is 10.8. The highest BCUT2D eigenvalue weighted by Gasteiger charge is 2.23. The molecule has 2 N–H and O–H groups in total. The lowest BCUT2D eigenvalue weighted by Gasteiger charge is -2.37. The topological polar surface area (TPSA) is 52.1 Å². The van der Waals surface area contributed by atoms with Crippen molar-refractivity contribution in [2.75, 3.05) is 53.4 Å². The van der Waals surface area contributed by atoms with Crippen LogP contribution in [0.5, 0.6) is 5.75 Å². The van der Waals surface area contributed by atoms with Crippen LogP contribution in [0.25, 0.3) is 0 Å². The van der Waals surface area contributed by atoms with Crippen LogP contribution in [0.1, 0.15) is 38.3 Å². The van der Waals surface area contributed by atoms with Gasteiger partial charge in [0.2, 0.25) is 0 Å². The number of hydrogen-bond acceptors (Lipinski definition) is 4. The van der Waals surface area contributed by atoms with Gasteiger partial charge in [0.25, 0.3) is 0 Å². The van der Waals surface area contributed by atoms with Crippen LogP contribution in [0, 0.1) is 11.7 Å². The maximum Gasteiger partial charge on any atom is 0.191 e. The smallest absolute Gasteiger partial charge is 0.191 e. The maximum absolute atomic E-state index is 14.4. The highest BCUT2D eigenvalue weighted by molar-refractivity contribution is 14.0. The van der Waals surface area contributed by atoms with E-state index in [1.807, 2.05) is 19.9 Å². The highest BCUT2D eigenvalue weighted by Crippen LogP contribution is 2.30. The molecule has 2 aliphatic rings. The second-order valence-corrected chi connectivity index (χ2v) is 8.43. The Labute approximate surface area is 197 Å². The van der Waals surface area contributed by atoms with E-state index in [-0.39, 0.29) is 35.8 Å². The first kappa shape index (κ1) is 25.1. The summed E-state index contributed by atoms with van der Waals surface area (Å²) in [6, 6.07) is 5.57. The predicted octanol–water partition coefficient (Wildman–Crippen LogP) is 3.09. The first-order valence-corrected chi connectivity index (χ1v) is 10.8. The Morgan fingerprint density at radius 2 is 2.07 bits per heavy atom. The van der Waals surface area contributed by atoms with Crippen molar-refractivity contribution in [2.24, 2.45) is 10.9 Å². The van der Waals surface area contributed by atoms with E-state index in [9.17, 15) is 4.39 Å². The molecule has 8 heteroatoms. The molecule has 0 amide bonds. The molecule has 3 rings (SSSR count). The molecule has 1 saturated heterocycles. The number of hydrogen-bond donors (Lipinski definition) is 2. The number of nitrogens with one attached hydrogen (secondary N) is 2. The summed E-state index contributed by atoms with van der Waals surface area (Å²) in [6.45, 7) is 9.37. The van der Waals surface area contributed by atoms with Crippen molar-refractivity contribution in [3.8, 4) is 5.75 Å². The maximum atomic E-state index is 14.4. The second kappa shape index (κ2) is 12.0. The zero-order chi connectivity index (χ0) is 20.8. The summed E-state index contributed by atoms with van der Waals surface area (Å²) in [5.41, 5.74) is 0.876. The van der Waals surface area contributed by atoms with Gasteiger partial charge in [-0.05, 0) is 64.4 Å². The third-order valence-corrected chi connectivity index (χ3v) is 5.77. The molecule has 1 aromatic rings. The van der Waals surface area contributed by atoms with E-state index in [0.29, 0.717) is 24.3 Å². The van der Waals surface area contributed by atoms with E-state index in [2.05, 4.69) is 34.5 Å². The highest BCUT2D eigenvalue weighted by atomic mass is 127.